The Hall–Kier alpha value is -4.28. The minimum Gasteiger partial charge on any atom is -0.395 e. The summed E-state index contributed by atoms with van der Waals surface area (Å²) in [5.74, 6) is 2.35. The molecule has 2 aliphatic rings. The first-order chi connectivity index (χ1) is 19.3. The topological polar surface area (TPSA) is 141 Å². The van der Waals surface area contributed by atoms with Crippen LogP contribution in [0, 0.1) is 23.5 Å². The van der Waals surface area contributed by atoms with Gasteiger partial charge in [-0.2, -0.15) is 5.10 Å². The van der Waals surface area contributed by atoms with Crippen LogP contribution in [0.3, 0.4) is 0 Å². The number of methoxy groups -OCH3 is 1. The summed E-state index contributed by atoms with van der Waals surface area (Å²) in [6, 6.07) is 0.682. The number of aromatic nitrogens is 4. The number of aliphatic hydroxyl groups is 1. The summed E-state index contributed by atoms with van der Waals surface area (Å²) in [5.41, 5.74) is 5.34. The zero-order chi connectivity index (χ0) is 28.6. The first-order valence-electron chi connectivity index (χ1n) is 12.8. The number of nitrogens with two attached hydrogens (primary N) is 1. The molecule has 5 rings (SSSR count). The van der Waals surface area contributed by atoms with Crippen molar-refractivity contribution >= 4 is 28.7 Å². The number of imidazole rings is 1. The summed E-state index contributed by atoms with van der Waals surface area (Å²) in [4.78, 5) is 30.7. The molecule has 3 heterocycles. The highest BCUT2D eigenvalue weighted by molar-refractivity contribution is 6.00. The molecule has 1 saturated carbocycles. The van der Waals surface area contributed by atoms with Gasteiger partial charge in [-0.25, -0.2) is 18.4 Å². The third kappa shape index (κ3) is 4.91. The number of hydrogen-bond acceptors (Lipinski definition) is 7. The average molecular weight is 554 g/mol. The molecule has 0 unspecified atom stereocenters. The third-order valence-corrected chi connectivity index (χ3v) is 7.12. The first-order valence-corrected chi connectivity index (χ1v) is 12.8. The number of carbonyl (C=O) groups excluding carboxylic acids is 2. The second-order valence-corrected chi connectivity index (χ2v) is 9.77. The molecule has 3 aromatic rings. The summed E-state index contributed by atoms with van der Waals surface area (Å²) in [6.45, 7) is 3.85. The second kappa shape index (κ2) is 11.1. The van der Waals surface area contributed by atoms with Crippen LogP contribution in [0.4, 0.5) is 14.6 Å². The third-order valence-electron chi connectivity index (χ3n) is 7.12. The van der Waals surface area contributed by atoms with Gasteiger partial charge >= 0.3 is 0 Å². The van der Waals surface area contributed by atoms with Crippen LogP contribution in [0.15, 0.2) is 25.0 Å². The van der Waals surface area contributed by atoms with Gasteiger partial charge in [0.1, 0.15) is 22.7 Å². The van der Waals surface area contributed by atoms with Gasteiger partial charge < -0.3 is 30.4 Å². The van der Waals surface area contributed by atoms with E-state index in [2.05, 4.69) is 33.8 Å². The molecule has 1 saturated heterocycles. The van der Waals surface area contributed by atoms with Gasteiger partial charge in [-0.15, -0.1) is 0 Å². The van der Waals surface area contributed by atoms with Gasteiger partial charge in [-0.05, 0) is 31.3 Å². The fraction of sp³-hybridized carbons (Fsp3) is 0.407. The highest BCUT2D eigenvalue weighted by atomic mass is 19.1. The fourth-order valence-corrected chi connectivity index (χ4v) is 5.15. The first kappa shape index (κ1) is 27.3. The SMILES string of the molecule is C=CC(=O)N1C[C@@H](n2nc(C#Cc3c(F)cc4c(ncn4C4CC4)c3F)c(C(N)=O)c2NCCO)C[C@@H]1COC. The molecule has 0 radical (unpaired) electrons. The van der Waals surface area contributed by atoms with E-state index in [1.165, 1.54) is 30.3 Å². The molecule has 1 aromatic carbocycles. The molecule has 0 bridgehead atoms. The summed E-state index contributed by atoms with van der Waals surface area (Å²) in [5, 5.41) is 16.8. The number of nitrogens with zero attached hydrogens (tertiary/aromatic N) is 5. The largest absolute Gasteiger partial charge is 0.395 e. The molecule has 1 aliphatic heterocycles. The van der Waals surface area contributed by atoms with Crippen molar-refractivity contribution in [2.45, 2.75) is 37.4 Å². The predicted molar refractivity (Wildman–Crippen MR) is 141 cm³/mol. The molecule has 2 aromatic heterocycles. The maximum Gasteiger partial charge on any atom is 0.255 e. The number of nitrogens with one attached hydrogen (secondary N) is 1. The lowest BCUT2D eigenvalue weighted by molar-refractivity contribution is -0.127. The number of amides is 2. The second-order valence-electron chi connectivity index (χ2n) is 9.77. The number of fused-ring (bicyclic) bond motifs is 1. The van der Waals surface area contributed by atoms with E-state index < -0.39 is 29.1 Å². The average Bonchev–Trinajstić information content (AvgIpc) is 3.37. The number of aliphatic hydroxyl groups excluding tert-OH is 1. The number of hydrogen-bond donors (Lipinski definition) is 3. The van der Waals surface area contributed by atoms with Crippen molar-refractivity contribution in [1.29, 1.82) is 0 Å². The van der Waals surface area contributed by atoms with Crippen LogP contribution in [0.1, 0.15) is 53.0 Å². The van der Waals surface area contributed by atoms with Crippen molar-refractivity contribution in [3.8, 4) is 11.8 Å². The fourth-order valence-electron chi connectivity index (χ4n) is 5.15. The minimum atomic E-state index is -0.905. The van der Waals surface area contributed by atoms with Gasteiger partial charge in [0.05, 0.1) is 42.7 Å². The van der Waals surface area contributed by atoms with Crippen LogP contribution in [-0.4, -0.2) is 80.6 Å². The molecule has 2 fully saturated rings. The Morgan fingerprint density at radius 1 is 1.32 bits per heavy atom. The van der Waals surface area contributed by atoms with Crippen LogP contribution in [0.5, 0.6) is 0 Å². The van der Waals surface area contributed by atoms with E-state index in [1.54, 1.807) is 9.47 Å². The monoisotopic (exact) mass is 553 g/mol. The minimum absolute atomic E-state index is 0.00525. The number of anilines is 1. The van der Waals surface area contributed by atoms with E-state index >= 15 is 8.78 Å². The molecular formula is C27H29F2N7O4. The normalized spacial score (nSPS) is 18.6. The quantitative estimate of drug-likeness (QED) is 0.271. The van der Waals surface area contributed by atoms with Crippen LogP contribution in [-0.2, 0) is 9.53 Å². The van der Waals surface area contributed by atoms with Crippen molar-refractivity contribution in [3.05, 3.63) is 53.5 Å². The van der Waals surface area contributed by atoms with E-state index in [4.69, 9.17) is 10.5 Å². The summed E-state index contributed by atoms with van der Waals surface area (Å²) < 4.78 is 38.9. The van der Waals surface area contributed by atoms with Crippen molar-refractivity contribution in [2.24, 2.45) is 5.73 Å². The van der Waals surface area contributed by atoms with Crippen molar-refractivity contribution in [3.63, 3.8) is 0 Å². The Morgan fingerprint density at radius 2 is 2.10 bits per heavy atom. The molecule has 2 amide bonds. The van der Waals surface area contributed by atoms with E-state index in [0.29, 0.717) is 11.9 Å². The van der Waals surface area contributed by atoms with E-state index in [1.807, 2.05) is 0 Å². The smallest absolute Gasteiger partial charge is 0.255 e. The highest BCUT2D eigenvalue weighted by Crippen LogP contribution is 2.38. The molecular weight excluding hydrogens is 524 g/mol. The van der Waals surface area contributed by atoms with Gasteiger partial charge in [0.15, 0.2) is 11.5 Å². The lowest BCUT2D eigenvalue weighted by atomic mass is 10.1. The molecule has 1 aliphatic carbocycles. The molecule has 210 valence electrons. The van der Waals surface area contributed by atoms with Gasteiger partial charge in [-0.1, -0.05) is 12.5 Å². The summed E-state index contributed by atoms with van der Waals surface area (Å²) in [7, 11) is 1.52. The summed E-state index contributed by atoms with van der Waals surface area (Å²) >= 11 is 0. The van der Waals surface area contributed by atoms with Crippen LogP contribution in [0.25, 0.3) is 11.0 Å². The van der Waals surface area contributed by atoms with E-state index in [9.17, 15) is 14.7 Å². The van der Waals surface area contributed by atoms with Crippen LogP contribution in [0.2, 0.25) is 0 Å². The molecule has 11 nitrogen and oxygen atoms in total. The molecule has 40 heavy (non-hydrogen) atoms. The molecule has 2 atom stereocenters. The number of benzene rings is 1. The number of likely N-dealkylation sites (tertiary alicyclic amines) is 1. The number of halogens is 2. The summed E-state index contributed by atoms with van der Waals surface area (Å²) in [6.07, 6.45) is 4.98. The zero-order valence-corrected chi connectivity index (χ0v) is 21.9. The van der Waals surface area contributed by atoms with Crippen molar-refractivity contribution in [2.75, 3.05) is 38.7 Å². The van der Waals surface area contributed by atoms with E-state index in [-0.39, 0.29) is 66.9 Å². The maximum absolute atomic E-state index is 15.3. The lowest BCUT2D eigenvalue weighted by Gasteiger charge is -2.22. The molecule has 13 heteroatoms. The Balaban J connectivity index is 1.57. The Kier molecular flexibility index (Phi) is 7.55. The zero-order valence-electron chi connectivity index (χ0n) is 21.9. The van der Waals surface area contributed by atoms with Crippen molar-refractivity contribution in [1.82, 2.24) is 24.2 Å². The van der Waals surface area contributed by atoms with E-state index in [0.717, 1.165) is 12.8 Å². The Bertz CT molecular complexity index is 1550. The Morgan fingerprint density at radius 3 is 2.75 bits per heavy atom. The van der Waals surface area contributed by atoms with Gasteiger partial charge in [0, 0.05) is 32.3 Å². The van der Waals surface area contributed by atoms with Gasteiger partial charge in [-0.3, -0.25) is 9.59 Å². The van der Waals surface area contributed by atoms with Gasteiger partial charge in [0.25, 0.3) is 5.91 Å². The van der Waals surface area contributed by atoms with Crippen molar-refractivity contribution < 1.29 is 28.2 Å². The van der Waals surface area contributed by atoms with Gasteiger partial charge in [0.2, 0.25) is 5.91 Å². The number of ether oxygens (including phenoxy) is 1. The molecule has 0 spiro atoms. The predicted octanol–water partition coefficient (Wildman–Crippen LogP) is 1.72. The molecule has 4 N–H and O–H groups in total. The highest BCUT2D eigenvalue weighted by Gasteiger charge is 2.38. The number of rotatable bonds is 9. The number of carbonyl (C=O) groups is 2. The Labute approximate surface area is 228 Å². The maximum atomic E-state index is 15.3. The van der Waals surface area contributed by atoms with Crippen LogP contribution < -0.4 is 11.1 Å². The lowest BCUT2D eigenvalue weighted by Crippen LogP contribution is -2.37. The van der Waals surface area contributed by atoms with Crippen LogP contribution >= 0.6 is 0 Å². The number of primary amides is 1. The standard InChI is InChI=1S/C27H29F2N7O4/c1-3-22(38)34-12-16(10-17(34)13-40-2)36-27(31-8-9-37)23(26(30)39)20(33-36)7-6-18-19(28)11-21-25(24(18)29)32-14-35(21)15-4-5-15/h3,11,14-17,31,37H,1,4-5,8-10,12-13H2,2H3,(H2,30,39)/t16-,17+/m0/s1.